The van der Waals surface area contributed by atoms with E-state index in [9.17, 15) is 4.39 Å². The van der Waals surface area contributed by atoms with E-state index in [2.05, 4.69) is 13.8 Å². The van der Waals surface area contributed by atoms with E-state index in [1.54, 1.807) is 12.1 Å². The van der Waals surface area contributed by atoms with E-state index in [0.29, 0.717) is 11.1 Å². The van der Waals surface area contributed by atoms with Gasteiger partial charge < -0.3 is 4.74 Å². The number of hydrogen-bond donors (Lipinski definition) is 0. The van der Waals surface area contributed by atoms with Crippen LogP contribution in [-0.2, 0) is 6.42 Å². The predicted octanol–water partition coefficient (Wildman–Crippen LogP) is 9.88. The first-order valence-electron chi connectivity index (χ1n) is 13.0. The van der Waals surface area contributed by atoms with Crippen molar-refractivity contribution in [2.75, 3.05) is 6.61 Å². The summed E-state index contributed by atoms with van der Waals surface area (Å²) in [7, 11) is 0. The van der Waals surface area contributed by atoms with Gasteiger partial charge in [-0.1, -0.05) is 112 Å². The van der Waals surface area contributed by atoms with Crippen molar-refractivity contribution in [1.82, 2.24) is 0 Å². The van der Waals surface area contributed by atoms with E-state index in [-0.39, 0.29) is 11.1 Å². The molecule has 0 bridgehead atoms. The summed E-state index contributed by atoms with van der Waals surface area (Å²) in [6.07, 6.45) is 6.99. The van der Waals surface area contributed by atoms with Gasteiger partial charge in [-0.15, -0.1) is 0 Å². The molecule has 1 nitrogen and oxygen atoms in total. The Bertz CT molecular complexity index is 1240. The molecule has 0 atom stereocenters. The maximum absolute atomic E-state index is 15.0. The minimum absolute atomic E-state index is 0.260. The molecule has 0 aliphatic rings. The third-order valence-corrected chi connectivity index (χ3v) is 6.66. The largest absolute Gasteiger partial charge is 0.494 e. The fourth-order valence-corrected chi connectivity index (χ4v) is 4.40. The molecule has 3 heteroatoms. The Labute approximate surface area is 213 Å². The van der Waals surface area contributed by atoms with Gasteiger partial charge in [-0.05, 0) is 52.8 Å². The summed E-state index contributed by atoms with van der Waals surface area (Å²) in [6.45, 7) is 5.02. The van der Waals surface area contributed by atoms with Crippen molar-refractivity contribution in [3.05, 3.63) is 102 Å². The average molecular weight is 485 g/mol. The van der Waals surface area contributed by atoms with Gasteiger partial charge in [0.15, 0.2) is 11.6 Å². The second-order valence-electron chi connectivity index (χ2n) is 9.20. The standard InChI is InChI=1S/C33H34F2O/c1-3-5-6-7-8-23-36-29-19-17-26(18-20-29)25-13-15-28(16-14-25)31-22-21-30(32(34)33(31)35)27-11-9-24(4-2)10-12-27/h9-22H,3-8,23H2,1-2H3. The number of hydrogen-bond acceptors (Lipinski definition) is 1. The van der Waals surface area contributed by atoms with Crippen LogP contribution in [0.25, 0.3) is 33.4 Å². The molecule has 0 heterocycles. The average Bonchev–Trinajstić information content (AvgIpc) is 2.93. The molecular formula is C33H34F2O. The van der Waals surface area contributed by atoms with Gasteiger partial charge in [-0.2, -0.15) is 0 Å². The van der Waals surface area contributed by atoms with Crippen LogP contribution in [0.1, 0.15) is 51.5 Å². The van der Waals surface area contributed by atoms with Crippen LogP contribution in [0.2, 0.25) is 0 Å². The van der Waals surface area contributed by atoms with E-state index in [4.69, 9.17) is 4.74 Å². The van der Waals surface area contributed by atoms with Crippen molar-refractivity contribution in [3.8, 4) is 39.1 Å². The molecule has 36 heavy (non-hydrogen) atoms. The molecule has 0 spiro atoms. The van der Waals surface area contributed by atoms with Gasteiger partial charge in [0.1, 0.15) is 5.75 Å². The Balaban J connectivity index is 1.43. The van der Waals surface area contributed by atoms with Gasteiger partial charge in [0.25, 0.3) is 0 Å². The molecule has 0 unspecified atom stereocenters. The van der Waals surface area contributed by atoms with Crippen LogP contribution in [-0.4, -0.2) is 6.61 Å². The van der Waals surface area contributed by atoms with Crippen LogP contribution in [0, 0.1) is 11.6 Å². The molecule has 0 saturated carbocycles. The molecule has 4 aromatic rings. The number of aryl methyl sites for hydroxylation is 1. The summed E-state index contributed by atoms with van der Waals surface area (Å²) in [5.74, 6) is -0.773. The molecule has 0 aromatic heterocycles. The normalized spacial score (nSPS) is 11.0. The molecule has 0 aliphatic heterocycles. The summed E-state index contributed by atoms with van der Waals surface area (Å²) in [4.78, 5) is 0. The van der Waals surface area contributed by atoms with E-state index in [1.165, 1.54) is 25.7 Å². The lowest BCUT2D eigenvalue weighted by Crippen LogP contribution is -1.97. The van der Waals surface area contributed by atoms with Gasteiger partial charge >= 0.3 is 0 Å². The lowest BCUT2D eigenvalue weighted by atomic mass is 9.96. The molecule has 4 rings (SSSR count). The molecule has 186 valence electrons. The Morgan fingerprint density at radius 1 is 0.528 bits per heavy atom. The smallest absolute Gasteiger partial charge is 0.167 e. The fraction of sp³-hybridized carbons (Fsp3) is 0.273. The summed E-state index contributed by atoms with van der Waals surface area (Å²) in [6, 6.07) is 26.5. The van der Waals surface area contributed by atoms with Crippen molar-refractivity contribution in [2.24, 2.45) is 0 Å². The Morgan fingerprint density at radius 2 is 1.00 bits per heavy atom. The topological polar surface area (TPSA) is 9.23 Å². The molecule has 0 radical (unpaired) electrons. The fourth-order valence-electron chi connectivity index (χ4n) is 4.40. The van der Waals surface area contributed by atoms with Gasteiger partial charge in [0.05, 0.1) is 6.61 Å². The number of unbranched alkanes of at least 4 members (excludes halogenated alkanes) is 4. The van der Waals surface area contributed by atoms with E-state index in [1.807, 2.05) is 72.8 Å². The van der Waals surface area contributed by atoms with Crippen LogP contribution in [0.5, 0.6) is 5.75 Å². The Hall–Kier alpha value is -3.46. The van der Waals surface area contributed by atoms with Crippen molar-refractivity contribution < 1.29 is 13.5 Å². The summed E-state index contributed by atoms with van der Waals surface area (Å²) < 4.78 is 35.9. The van der Waals surface area contributed by atoms with Crippen LogP contribution in [0.4, 0.5) is 8.78 Å². The van der Waals surface area contributed by atoms with Crippen LogP contribution in [0.3, 0.4) is 0 Å². The first-order chi connectivity index (χ1) is 17.6. The predicted molar refractivity (Wildman–Crippen MR) is 146 cm³/mol. The first-order valence-corrected chi connectivity index (χ1v) is 13.0. The maximum atomic E-state index is 15.0. The molecular weight excluding hydrogens is 450 g/mol. The molecule has 0 amide bonds. The SMILES string of the molecule is CCCCCCCOc1ccc(-c2ccc(-c3ccc(-c4ccc(CC)cc4)c(F)c3F)cc2)cc1. The van der Waals surface area contributed by atoms with Crippen LogP contribution < -0.4 is 4.74 Å². The van der Waals surface area contributed by atoms with Gasteiger partial charge in [0.2, 0.25) is 0 Å². The zero-order valence-electron chi connectivity index (χ0n) is 21.2. The maximum Gasteiger partial charge on any atom is 0.167 e. The third-order valence-electron chi connectivity index (χ3n) is 6.66. The first kappa shape index (κ1) is 25.6. The van der Waals surface area contributed by atoms with E-state index in [0.717, 1.165) is 41.9 Å². The third kappa shape index (κ3) is 6.20. The van der Waals surface area contributed by atoms with Crippen molar-refractivity contribution >= 4 is 0 Å². The van der Waals surface area contributed by atoms with Crippen molar-refractivity contribution in [3.63, 3.8) is 0 Å². The highest BCUT2D eigenvalue weighted by molar-refractivity contribution is 5.74. The zero-order chi connectivity index (χ0) is 25.3. The molecule has 0 saturated heterocycles. The Morgan fingerprint density at radius 3 is 1.53 bits per heavy atom. The number of ether oxygens (including phenoxy) is 1. The van der Waals surface area contributed by atoms with Gasteiger partial charge in [-0.3, -0.25) is 0 Å². The zero-order valence-corrected chi connectivity index (χ0v) is 21.2. The van der Waals surface area contributed by atoms with E-state index >= 15 is 4.39 Å². The number of benzene rings is 4. The highest BCUT2D eigenvalue weighted by atomic mass is 19.2. The Kier molecular flexibility index (Phi) is 8.89. The number of rotatable bonds is 11. The lowest BCUT2D eigenvalue weighted by molar-refractivity contribution is 0.304. The monoisotopic (exact) mass is 484 g/mol. The minimum atomic E-state index is -0.823. The van der Waals surface area contributed by atoms with E-state index < -0.39 is 11.6 Å². The van der Waals surface area contributed by atoms with Crippen molar-refractivity contribution in [2.45, 2.75) is 52.4 Å². The van der Waals surface area contributed by atoms with Gasteiger partial charge in [0, 0.05) is 11.1 Å². The molecule has 0 fully saturated rings. The molecule has 4 aromatic carbocycles. The number of halogens is 2. The summed E-state index contributed by atoms with van der Waals surface area (Å²) in [5, 5.41) is 0. The van der Waals surface area contributed by atoms with Crippen LogP contribution >= 0.6 is 0 Å². The second kappa shape index (κ2) is 12.5. The molecule has 0 aliphatic carbocycles. The second-order valence-corrected chi connectivity index (χ2v) is 9.20. The highest BCUT2D eigenvalue weighted by Gasteiger charge is 2.16. The summed E-state index contributed by atoms with van der Waals surface area (Å²) in [5.41, 5.74) is 5.08. The van der Waals surface area contributed by atoms with Crippen LogP contribution in [0.15, 0.2) is 84.9 Å². The quantitative estimate of drug-likeness (QED) is 0.192. The summed E-state index contributed by atoms with van der Waals surface area (Å²) >= 11 is 0. The lowest BCUT2D eigenvalue weighted by Gasteiger charge is -2.11. The minimum Gasteiger partial charge on any atom is -0.494 e. The molecule has 0 N–H and O–H groups in total. The van der Waals surface area contributed by atoms with Crippen molar-refractivity contribution in [1.29, 1.82) is 0 Å². The highest BCUT2D eigenvalue weighted by Crippen LogP contribution is 2.33. The van der Waals surface area contributed by atoms with Gasteiger partial charge in [-0.25, -0.2) is 8.78 Å².